The molecule has 0 spiro atoms. The Kier molecular flexibility index (Phi) is 6.27. The predicted molar refractivity (Wildman–Crippen MR) is 114 cm³/mol. The standard InChI is InChI=1S/C24H29N3O2/c28-20-24(12-16-29-23-9-2-1-3-10-23)11-5-14-26(19-24)18-21-7-4-8-22(17-21)27-15-6-13-25-27/h1-4,6-10,13,15,17,28H,5,11-12,14,16,18-20H2. The Morgan fingerprint density at radius 3 is 2.76 bits per heavy atom. The fraction of sp³-hybridized carbons (Fsp3) is 0.375. The van der Waals surface area contributed by atoms with E-state index in [4.69, 9.17) is 4.74 Å². The first-order valence-electron chi connectivity index (χ1n) is 10.4. The SMILES string of the molecule is OCC1(CCOc2ccccc2)CCCN(Cc2cccc(-n3cccn3)c2)C1. The molecule has 29 heavy (non-hydrogen) atoms. The van der Waals surface area contributed by atoms with E-state index in [2.05, 4.69) is 34.3 Å². The summed E-state index contributed by atoms with van der Waals surface area (Å²) in [5, 5.41) is 14.5. The van der Waals surface area contributed by atoms with Crippen LogP contribution in [0.1, 0.15) is 24.8 Å². The summed E-state index contributed by atoms with van der Waals surface area (Å²) in [5.74, 6) is 0.892. The Morgan fingerprint density at radius 1 is 1.07 bits per heavy atom. The molecule has 0 bridgehead atoms. The molecule has 1 aliphatic heterocycles. The molecular formula is C24H29N3O2. The molecule has 5 heteroatoms. The minimum atomic E-state index is -0.0907. The maximum Gasteiger partial charge on any atom is 0.119 e. The molecule has 1 fully saturated rings. The smallest absolute Gasteiger partial charge is 0.119 e. The van der Waals surface area contributed by atoms with Gasteiger partial charge in [-0.3, -0.25) is 4.90 Å². The normalized spacial score (nSPS) is 19.9. The van der Waals surface area contributed by atoms with Crippen molar-refractivity contribution in [2.45, 2.75) is 25.8 Å². The number of ether oxygens (including phenoxy) is 1. The van der Waals surface area contributed by atoms with Crippen LogP contribution in [0.25, 0.3) is 5.69 Å². The van der Waals surface area contributed by atoms with Gasteiger partial charge in [-0.25, -0.2) is 4.68 Å². The number of para-hydroxylation sites is 1. The van der Waals surface area contributed by atoms with E-state index in [0.717, 1.165) is 50.3 Å². The zero-order valence-electron chi connectivity index (χ0n) is 16.8. The Hall–Kier alpha value is -2.63. The summed E-state index contributed by atoms with van der Waals surface area (Å²) in [6.45, 7) is 3.68. The third-order valence-corrected chi connectivity index (χ3v) is 5.81. The molecular weight excluding hydrogens is 362 g/mol. The van der Waals surface area contributed by atoms with Gasteiger partial charge in [-0.15, -0.1) is 0 Å². The summed E-state index contributed by atoms with van der Waals surface area (Å²) in [4.78, 5) is 2.46. The Labute approximate surface area is 172 Å². The van der Waals surface area contributed by atoms with E-state index in [1.807, 2.05) is 47.3 Å². The lowest BCUT2D eigenvalue weighted by atomic mass is 9.78. The van der Waals surface area contributed by atoms with E-state index in [1.54, 1.807) is 6.20 Å². The molecule has 1 unspecified atom stereocenters. The average molecular weight is 392 g/mol. The number of aromatic nitrogens is 2. The van der Waals surface area contributed by atoms with Crippen molar-refractivity contribution in [2.75, 3.05) is 26.3 Å². The van der Waals surface area contributed by atoms with Gasteiger partial charge in [-0.1, -0.05) is 30.3 Å². The monoisotopic (exact) mass is 391 g/mol. The first-order chi connectivity index (χ1) is 14.3. The van der Waals surface area contributed by atoms with Crippen LogP contribution in [0.3, 0.4) is 0 Å². The van der Waals surface area contributed by atoms with Gasteiger partial charge in [0.15, 0.2) is 0 Å². The second-order valence-electron chi connectivity index (χ2n) is 8.00. The van der Waals surface area contributed by atoms with Crippen molar-refractivity contribution >= 4 is 0 Å². The first kappa shape index (κ1) is 19.7. The highest BCUT2D eigenvalue weighted by Gasteiger charge is 2.34. The number of aliphatic hydroxyl groups excluding tert-OH is 1. The van der Waals surface area contributed by atoms with E-state index >= 15 is 0 Å². The number of rotatable bonds is 8. The van der Waals surface area contributed by atoms with Crippen molar-refractivity contribution < 1.29 is 9.84 Å². The van der Waals surface area contributed by atoms with Crippen LogP contribution in [0.5, 0.6) is 5.75 Å². The molecule has 0 aliphatic carbocycles. The molecule has 0 radical (unpaired) electrons. The number of aliphatic hydroxyl groups is 1. The van der Waals surface area contributed by atoms with Crippen LogP contribution in [-0.2, 0) is 6.54 Å². The zero-order valence-corrected chi connectivity index (χ0v) is 16.8. The summed E-state index contributed by atoms with van der Waals surface area (Å²) in [7, 11) is 0. The molecule has 4 rings (SSSR count). The molecule has 1 aromatic heterocycles. The largest absolute Gasteiger partial charge is 0.494 e. The van der Waals surface area contributed by atoms with Crippen LogP contribution in [0.15, 0.2) is 73.1 Å². The summed E-state index contributed by atoms with van der Waals surface area (Å²) >= 11 is 0. The molecule has 1 aliphatic rings. The number of nitrogens with zero attached hydrogens (tertiary/aromatic N) is 3. The highest BCUT2D eigenvalue weighted by atomic mass is 16.5. The molecule has 2 heterocycles. The second-order valence-corrected chi connectivity index (χ2v) is 8.00. The van der Waals surface area contributed by atoms with Crippen LogP contribution < -0.4 is 4.74 Å². The Balaban J connectivity index is 1.37. The van der Waals surface area contributed by atoms with Crippen molar-refractivity contribution in [3.05, 3.63) is 78.6 Å². The maximum atomic E-state index is 10.2. The fourth-order valence-electron chi connectivity index (χ4n) is 4.24. The second kappa shape index (κ2) is 9.25. The predicted octanol–water partition coefficient (Wildman–Crippen LogP) is 3.92. The third-order valence-electron chi connectivity index (χ3n) is 5.81. The minimum Gasteiger partial charge on any atom is -0.494 e. The summed E-state index contributed by atoms with van der Waals surface area (Å²) < 4.78 is 7.79. The highest BCUT2D eigenvalue weighted by Crippen LogP contribution is 2.34. The minimum absolute atomic E-state index is 0.0907. The zero-order chi connectivity index (χ0) is 19.9. The van der Waals surface area contributed by atoms with E-state index in [1.165, 1.54) is 5.56 Å². The fourth-order valence-corrected chi connectivity index (χ4v) is 4.24. The van der Waals surface area contributed by atoms with E-state index in [9.17, 15) is 5.11 Å². The number of hydrogen-bond donors (Lipinski definition) is 1. The van der Waals surface area contributed by atoms with Crippen LogP contribution in [0.4, 0.5) is 0 Å². The first-order valence-corrected chi connectivity index (χ1v) is 10.4. The van der Waals surface area contributed by atoms with Crippen molar-refractivity contribution in [1.29, 1.82) is 0 Å². The van der Waals surface area contributed by atoms with Crippen molar-refractivity contribution in [1.82, 2.24) is 14.7 Å². The summed E-state index contributed by atoms with van der Waals surface area (Å²) in [6, 6.07) is 20.4. The maximum absolute atomic E-state index is 10.2. The van der Waals surface area contributed by atoms with E-state index in [0.29, 0.717) is 6.61 Å². The number of benzene rings is 2. The number of hydrogen-bond acceptors (Lipinski definition) is 4. The van der Waals surface area contributed by atoms with Crippen molar-refractivity contribution in [3.8, 4) is 11.4 Å². The molecule has 152 valence electrons. The summed E-state index contributed by atoms with van der Waals surface area (Å²) in [6.07, 6.45) is 6.77. The lowest BCUT2D eigenvalue weighted by Crippen LogP contribution is -2.45. The molecule has 5 nitrogen and oxygen atoms in total. The highest BCUT2D eigenvalue weighted by molar-refractivity contribution is 5.35. The number of piperidine rings is 1. The summed E-state index contributed by atoms with van der Waals surface area (Å²) in [5.41, 5.74) is 2.26. The molecule has 1 N–H and O–H groups in total. The van der Waals surface area contributed by atoms with Crippen molar-refractivity contribution in [3.63, 3.8) is 0 Å². The van der Waals surface area contributed by atoms with Gasteiger partial charge in [0.1, 0.15) is 5.75 Å². The third kappa shape index (κ3) is 5.05. The van der Waals surface area contributed by atoms with Crippen LogP contribution in [0.2, 0.25) is 0 Å². The molecule has 3 aromatic rings. The Bertz CT molecular complexity index is 882. The van der Waals surface area contributed by atoms with Gasteiger partial charge in [0.2, 0.25) is 0 Å². The average Bonchev–Trinajstić information content (AvgIpc) is 3.30. The molecule has 0 saturated carbocycles. The molecule has 1 saturated heterocycles. The lowest BCUT2D eigenvalue weighted by Gasteiger charge is -2.42. The van der Waals surface area contributed by atoms with Crippen LogP contribution in [0, 0.1) is 5.41 Å². The topological polar surface area (TPSA) is 50.5 Å². The van der Waals surface area contributed by atoms with Gasteiger partial charge in [-0.05, 0) is 61.7 Å². The van der Waals surface area contributed by atoms with Gasteiger partial charge in [-0.2, -0.15) is 5.10 Å². The lowest BCUT2D eigenvalue weighted by molar-refractivity contribution is 0.0128. The molecule has 2 aromatic carbocycles. The van der Waals surface area contributed by atoms with Gasteiger partial charge in [0.05, 0.1) is 18.9 Å². The van der Waals surface area contributed by atoms with Gasteiger partial charge >= 0.3 is 0 Å². The van der Waals surface area contributed by atoms with Gasteiger partial charge in [0, 0.05) is 30.9 Å². The van der Waals surface area contributed by atoms with Crippen LogP contribution >= 0.6 is 0 Å². The van der Waals surface area contributed by atoms with Gasteiger partial charge in [0.25, 0.3) is 0 Å². The van der Waals surface area contributed by atoms with Crippen LogP contribution in [-0.4, -0.2) is 46.1 Å². The van der Waals surface area contributed by atoms with E-state index < -0.39 is 0 Å². The molecule has 0 amide bonds. The Morgan fingerprint density at radius 2 is 1.97 bits per heavy atom. The molecule has 1 atom stereocenters. The quantitative estimate of drug-likeness (QED) is 0.632. The van der Waals surface area contributed by atoms with E-state index in [-0.39, 0.29) is 12.0 Å². The van der Waals surface area contributed by atoms with Crippen molar-refractivity contribution in [2.24, 2.45) is 5.41 Å². The number of likely N-dealkylation sites (tertiary alicyclic amines) is 1. The van der Waals surface area contributed by atoms with Gasteiger partial charge < -0.3 is 9.84 Å².